The zero-order valence-corrected chi connectivity index (χ0v) is 8.83. The van der Waals surface area contributed by atoms with Crippen molar-refractivity contribution in [3.05, 3.63) is 24.0 Å². The number of halogens is 1. The summed E-state index contributed by atoms with van der Waals surface area (Å²) >= 11 is 0. The van der Waals surface area contributed by atoms with Crippen LogP contribution in [0.1, 0.15) is 19.8 Å². The molecule has 0 heterocycles. The molecule has 0 aromatic heterocycles. The monoisotopic (exact) mass is 212 g/mol. The third-order valence-corrected chi connectivity index (χ3v) is 2.34. The highest BCUT2D eigenvalue weighted by Crippen LogP contribution is 2.21. The fourth-order valence-electron chi connectivity index (χ4n) is 1.42. The van der Waals surface area contributed by atoms with Gasteiger partial charge in [0.1, 0.15) is 5.82 Å². The largest absolute Gasteiger partial charge is 0.397 e. The molecule has 3 nitrogen and oxygen atoms in total. The Kier molecular flexibility index (Phi) is 4.37. The van der Waals surface area contributed by atoms with E-state index in [0.29, 0.717) is 12.1 Å². The van der Waals surface area contributed by atoms with E-state index >= 15 is 0 Å². The summed E-state index contributed by atoms with van der Waals surface area (Å²) in [6.45, 7) is 2.15. The Morgan fingerprint density at radius 2 is 2.27 bits per heavy atom. The van der Waals surface area contributed by atoms with Crippen LogP contribution in [0.25, 0.3) is 0 Å². The molecule has 1 rings (SSSR count). The van der Waals surface area contributed by atoms with Crippen molar-refractivity contribution < 1.29 is 9.50 Å². The van der Waals surface area contributed by atoms with Crippen molar-refractivity contribution in [1.82, 2.24) is 0 Å². The molecule has 0 saturated carbocycles. The van der Waals surface area contributed by atoms with Crippen molar-refractivity contribution in [2.24, 2.45) is 0 Å². The highest BCUT2D eigenvalue weighted by molar-refractivity contribution is 5.66. The molecule has 0 aliphatic heterocycles. The van der Waals surface area contributed by atoms with E-state index in [1.165, 1.54) is 12.1 Å². The third-order valence-electron chi connectivity index (χ3n) is 2.34. The Bertz CT molecular complexity index is 317. The minimum atomic E-state index is -0.340. The van der Waals surface area contributed by atoms with Crippen molar-refractivity contribution >= 4 is 11.4 Å². The van der Waals surface area contributed by atoms with Crippen LogP contribution in [0.2, 0.25) is 0 Å². The molecule has 0 amide bonds. The van der Waals surface area contributed by atoms with Crippen LogP contribution in [0.15, 0.2) is 18.2 Å². The van der Waals surface area contributed by atoms with Gasteiger partial charge in [0, 0.05) is 12.6 Å². The SMILES string of the molecule is CCC(CCO)Nc1ccc(F)cc1N. The molecule has 0 bridgehead atoms. The summed E-state index contributed by atoms with van der Waals surface area (Å²) < 4.78 is 12.8. The number of nitrogens with one attached hydrogen (secondary N) is 1. The van der Waals surface area contributed by atoms with Gasteiger partial charge < -0.3 is 16.2 Å². The molecular formula is C11H17FN2O. The summed E-state index contributed by atoms with van der Waals surface area (Å²) in [7, 11) is 0. The van der Waals surface area contributed by atoms with E-state index in [1.807, 2.05) is 6.92 Å². The van der Waals surface area contributed by atoms with Crippen molar-refractivity contribution in [3.63, 3.8) is 0 Å². The van der Waals surface area contributed by atoms with E-state index < -0.39 is 0 Å². The molecular weight excluding hydrogens is 195 g/mol. The number of aliphatic hydroxyl groups excluding tert-OH is 1. The zero-order valence-electron chi connectivity index (χ0n) is 8.83. The second-order valence-electron chi connectivity index (χ2n) is 3.49. The fourth-order valence-corrected chi connectivity index (χ4v) is 1.42. The lowest BCUT2D eigenvalue weighted by atomic mass is 10.1. The Labute approximate surface area is 89.1 Å². The number of nitrogens with two attached hydrogens (primary N) is 1. The van der Waals surface area contributed by atoms with E-state index in [9.17, 15) is 4.39 Å². The number of rotatable bonds is 5. The van der Waals surface area contributed by atoms with Gasteiger partial charge in [-0.1, -0.05) is 6.92 Å². The van der Waals surface area contributed by atoms with Gasteiger partial charge in [-0.2, -0.15) is 0 Å². The minimum Gasteiger partial charge on any atom is -0.397 e. The van der Waals surface area contributed by atoms with Crippen LogP contribution < -0.4 is 11.1 Å². The first-order chi connectivity index (χ1) is 7.17. The lowest BCUT2D eigenvalue weighted by Crippen LogP contribution is -2.20. The van der Waals surface area contributed by atoms with E-state index in [1.54, 1.807) is 6.07 Å². The van der Waals surface area contributed by atoms with Crippen LogP contribution in [0.3, 0.4) is 0 Å². The Morgan fingerprint density at radius 3 is 2.80 bits per heavy atom. The zero-order chi connectivity index (χ0) is 11.3. The van der Waals surface area contributed by atoms with Crippen LogP contribution in [-0.4, -0.2) is 17.8 Å². The summed E-state index contributed by atoms with van der Waals surface area (Å²) in [6, 6.07) is 4.44. The molecule has 1 atom stereocenters. The van der Waals surface area contributed by atoms with Gasteiger partial charge in [0.15, 0.2) is 0 Å². The number of hydrogen-bond acceptors (Lipinski definition) is 3. The Hall–Kier alpha value is -1.29. The Balaban J connectivity index is 2.70. The van der Waals surface area contributed by atoms with Crippen LogP contribution in [0.4, 0.5) is 15.8 Å². The second-order valence-corrected chi connectivity index (χ2v) is 3.49. The van der Waals surface area contributed by atoms with Crippen molar-refractivity contribution in [3.8, 4) is 0 Å². The maximum atomic E-state index is 12.8. The summed E-state index contributed by atoms with van der Waals surface area (Å²) in [5.74, 6) is -0.340. The van der Waals surface area contributed by atoms with Crippen LogP contribution >= 0.6 is 0 Å². The predicted molar refractivity (Wildman–Crippen MR) is 60.2 cm³/mol. The van der Waals surface area contributed by atoms with Crippen molar-refractivity contribution in [2.75, 3.05) is 17.7 Å². The second kappa shape index (κ2) is 5.56. The standard InChI is InChI=1S/C11H17FN2O/c1-2-9(5-6-15)14-11-4-3-8(12)7-10(11)13/h3-4,7,9,14-15H,2,5-6,13H2,1H3. The van der Waals surface area contributed by atoms with Gasteiger partial charge in [0.2, 0.25) is 0 Å². The molecule has 1 aromatic rings. The number of anilines is 2. The van der Waals surface area contributed by atoms with Gasteiger partial charge in [0.05, 0.1) is 11.4 Å². The lowest BCUT2D eigenvalue weighted by Gasteiger charge is -2.18. The van der Waals surface area contributed by atoms with Gasteiger partial charge in [-0.15, -0.1) is 0 Å². The molecule has 4 heteroatoms. The molecule has 0 spiro atoms. The van der Waals surface area contributed by atoms with Gasteiger partial charge in [-0.25, -0.2) is 4.39 Å². The van der Waals surface area contributed by atoms with E-state index in [2.05, 4.69) is 5.32 Å². The smallest absolute Gasteiger partial charge is 0.125 e. The van der Waals surface area contributed by atoms with Crippen LogP contribution in [-0.2, 0) is 0 Å². The minimum absolute atomic E-state index is 0.132. The summed E-state index contributed by atoms with van der Waals surface area (Å²) in [4.78, 5) is 0. The molecule has 0 aliphatic carbocycles. The van der Waals surface area contributed by atoms with Gasteiger partial charge in [-0.05, 0) is 31.0 Å². The number of hydrogen-bond donors (Lipinski definition) is 3. The first-order valence-electron chi connectivity index (χ1n) is 5.09. The van der Waals surface area contributed by atoms with Crippen molar-refractivity contribution in [1.29, 1.82) is 0 Å². The molecule has 0 saturated heterocycles. The molecule has 84 valence electrons. The number of nitrogen functional groups attached to an aromatic ring is 1. The maximum absolute atomic E-state index is 12.8. The normalized spacial score (nSPS) is 12.5. The average molecular weight is 212 g/mol. The average Bonchev–Trinajstić information content (AvgIpc) is 2.21. The van der Waals surface area contributed by atoms with E-state index in [-0.39, 0.29) is 18.5 Å². The number of aliphatic hydroxyl groups is 1. The summed E-state index contributed by atoms with van der Waals surface area (Å²) in [6.07, 6.45) is 1.55. The van der Waals surface area contributed by atoms with Crippen LogP contribution in [0, 0.1) is 5.82 Å². The first kappa shape index (κ1) is 11.8. The fraction of sp³-hybridized carbons (Fsp3) is 0.455. The predicted octanol–water partition coefficient (Wildman–Crippen LogP) is 1.98. The molecule has 0 aliphatic rings. The highest BCUT2D eigenvalue weighted by Gasteiger charge is 2.07. The van der Waals surface area contributed by atoms with Crippen molar-refractivity contribution in [2.45, 2.75) is 25.8 Å². The van der Waals surface area contributed by atoms with E-state index in [4.69, 9.17) is 10.8 Å². The topological polar surface area (TPSA) is 58.3 Å². The highest BCUT2D eigenvalue weighted by atomic mass is 19.1. The van der Waals surface area contributed by atoms with Crippen LogP contribution in [0.5, 0.6) is 0 Å². The molecule has 0 radical (unpaired) electrons. The Morgan fingerprint density at radius 1 is 1.53 bits per heavy atom. The summed E-state index contributed by atoms with van der Waals surface area (Å²) in [5.41, 5.74) is 6.77. The third kappa shape index (κ3) is 3.40. The summed E-state index contributed by atoms with van der Waals surface area (Å²) in [5, 5.41) is 12.0. The van der Waals surface area contributed by atoms with Gasteiger partial charge in [0.25, 0.3) is 0 Å². The first-order valence-corrected chi connectivity index (χ1v) is 5.09. The van der Waals surface area contributed by atoms with E-state index in [0.717, 1.165) is 12.1 Å². The molecule has 15 heavy (non-hydrogen) atoms. The molecule has 1 aromatic carbocycles. The molecule has 4 N–H and O–H groups in total. The molecule has 1 unspecified atom stereocenters. The quantitative estimate of drug-likeness (QED) is 0.654. The molecule has 0 fully saturated rings. The maximum Gasteiger partial charge on any atom is 0.125 e. The van der Waals surface area contributed by atoms with Gasteiger partial charge >= 0.3 is 0 Å². The lowest BCUT2D eigenvalue weighted by molar-refractivity contribution is 0.278. The van der Waals surface area contributed by atoms with Gasteiger partial charge in [-0.3, -0.25) is 0 Å². The number of benzene rings is 1.